The third-order valence-corrected chi connectivity index (χ3v) is 5.90. The van der Waals surface area contributed by atoms with E-state index in [2.05, 4.69) is 10.6 Å². The average Bonchev–Trinajstić information content (AvgIpc) is 3.27. The van der Waals surface area contributed by atoms with E-state index in [0.717, 1.165) is 0 Å². The van der Waals surface area contributed by atoms with E-state index in [1.807, 2.05) is 0 Å². The first kappa shape index (κ1) is 27.1. The summed E-state index contributed by atoms with van der Waals surface area (Å²) in [4.78, 5) is 51.5. The van der Waals surface area contributed by atoms with Gasteiger partial charge in [0.2, 0.25) is 17.7 Å². The summed E-state index contributed by atoms with van der Waals surface area (Å²) in [6.45, 7) is 5.08. The molecule has 188 valence electrons. The van der Waals surface area contributed by atoms with Gasteiger partial charge in [0.15, 0.2) is 0 Å². The van der Waals surface area contributed by atoms with Gasteiger partial charge in [0.25, 0.3) is 0 Å². The van der Waals surface area contributed by atoms with E-state index in [1.54, 1.807) is 26.0 Å². The molecule has 1 aromatic carbocycles. The van der Waals surface area contributed by atoms with Gasteiger partial charge in [-0.3, -0.25) is 14.4 Å². The summed E-state index contributed by atoms with van der Waals surface area (Å²) in [5, 5.41) is 34.1. The number of carboxylic acids is 1. The van der Waals surface area contributed by atoms with E-state index < -0.39 is 54.0 Å². The number of hydrogen-bond donors (Lipinski definition) is 6. The number of aliphatic carboxylic acids is 1. The molecule has 1 aliphatic rings. The van der Waals surface area contributed by atoms with Gasteiger partial charge in [-0.05, 0) is 43.4 Å². The number of amides is 3. The van der Waals surface area contributed by atoms with Crippen LogP contribution in [-0.4, -0.2) is 80.7 Å². The van der Waals surface area contributed by atoms with E-state index in [1.165, 1.54) is 24.0 Å². The van der Waals surface area contributed by atoms with Crippen LogP contribution in [0.25, 0.3) is 0 Å². The van der Waals surface area contributed by atoms with Crippen molar-refractivity contribution in [2.45, 2.75) is 70.3 Å². The molecule has 1 fully saturated rings. The number of nitrogens with two attached hydrogens (primary N) is 1. The zero-order valence-corrected chi connectivity index (χ0v) is 19.6. The third-order valence-electron chi connectivity index (χ3n) is 5.90. The van der Waals surface area contributed by atoms with Gasteiger partial charge in [-0.1, -0.05) is 26.0 Å². The Labute approximate surface area is 198 Å². The van der Waals surface area contributed by atoms with Crippen LogP contribution >= 0.6 is 0 Å². The predicted octanol–water partition coefficient (Wildman–Crippen LogP) is -0.656. The largest absolute Gasteiger partial charge is 0.508 e. The highest BCUT2D eigenvalue weighted by atomic mass is 16.4. The van der Waals surface area contributed by atoms with Gasteiger partial charge in [0, 0.05) is 13.0 Å². The maximum atomic E-state index is 13.2. The second-order valence-electron chi connectivity index (χ2n) is 8.96. The van der Waals surface area contributed by atoms with Gasteiger partial charge >= 0.3 is 5.97 Å². The molecule has 1 saturated heterocycles. The monoisotopic (exact) mass is 478 g/mol. The summed E-state index contributed by atoms with van der Waals surface area (Å²) >= 11 is 0. The molecule has 0 unspecified atom stereocenters. The first-order valence-electron chi connectivity index (χ1n) is 11.3. The molecule has 2 rings (SSSR count). The molecule has 1 aromatic rings. The van der Waals surface area contributed by atoms with Crippen LogP contribution in [0.5, 0.6) is 5.75 Å². The number of carbonyl (C=O) groups excluding carboxylic acids is 3. The fourth-order valence-electron chi connectivity index (χ4n) is 3.76. The summed E-state index contributed by atoms with van der Waals surface area (Å²) in [6.07, 6.45) is -0.427. The van der Waals surface area contributed by atoms with Crippen LogP contribution < -0.4 is 16.4 Å². The van der Waals surface area contributed by atoms with Crippen molar-refractivity contribution in [1.82, 2.24) is 15.5 Å². The van der Waals surface area contributed by atoms with Crippen LogP contribution in [0.4, 0.5) is 0 Å². The van der Waals surface area contributed by atoms with Crippen molar-refractivity contribution in [3.63, 3.8) is 0 Å². The Morgan fingerprint density at radius 1 is 1.12 bits per heavy atom. The molecule has 34 heavy (non-hydrogen) atoms. The van der Waals surface area contributed by atoms with Gasteiger partial charge in [-0.25, -0.2) is 4.79 Å². The Morgan fingerprint density at radius 3 is 2.26 bits per heavy atom. The number of aromatic hydroxyl groups is 1. The van der Waals surface area contributed by atoms with Crippen molar-refractivity contribution >= 4 is 23.7 Å². The van der Waals surface area contributed by atoms with E-state index in [9.17, 15) is 34.5 Å². The number of nitrogens with one attached hydrogen (secondary N) is 2. The van der Waals surface area contributed by atoms with Crippen LogP contribution in [0.15, 0.2) is 24.3 Å². The van der Waals surface area contributed by atoms with Crippen molar-refractivity contribution in [3.05, 3.63) is 29.8 Å². The number of benzene rings is 1. The second kappa shape index (κ2) is 11.8. The fraction of sp³-hybridized carbons (Fsp3) is 0.565. The SMILES string of the molecule is CC(C)[C@H](N)C(=O)N[C@H](C(=O)N1CCC[C@H]1C(=O)N[C@@H](Cc1ccc(O)cc1)C(=O)O)[C@@H](C)O. The van der Waals surface area contributed by atoms with Gasteiger partial charge in [0.1, 0.15) is 23.9 Å². The Morgan fingerprint density at radius 2 is 1.74 bits per heavy atom. The number of aliphatic hydroxyl groups is 1. The first-order valence-corrected chi connectivity index (χ1v) is 11.3. The minimum atomic E-state index is -1.29. The van der Waals surface area contributed by atoms with Crippen molar-refractivity contribution in [2.24, 2.45) is 11.7 Å². The van der Waals surface area contributed by atoms with Crippen LogP contribution in [0.3, 0.4) is 0 Å². The van der Waals surface area contributed by atoms with E-state index >= 15 is 0 Å². The number of phenolic OH excluding ortho intramolecular Hbond substituents is 1. The molecule has 1 heterocycles. The number of aliphatic hydroxyl groups excluding tert-OH is 1. The third kappa shape index (κ3) is 6.91. The maximum absolute atomic E-state index is 13.2. The number of rotatable bonds is 10. The lowest BCUT2D eigenvalue weighted by atomic mass is 10.0. The highest BCUT2D eigenvalue weighted by molar-refractivity contribution is 5.94. The zero-order valence-electron chi connectivity index (χ0n) is 19.6. The van der Waals surface area contributed by atoms with Crippen molar-refractivity contribution < 1.29 is 34.5 Å². The molecular formula is C23H34N4O7. The second-order valence-corrected chi connectivity index (χ2v) is 8.96. The molecule has 3 amide bonds. The fourth-order valence-corrected chi connectivity index (χ4v) is 3.76. The van der Waals surface area contributed by atoms with Crippen molar-refractivity contribution in [3.8, 4) is 5.75 Å². The van der Waals surface area contributed by atoms with Crippen LogP contribution in [0.1, 0.15) is 39.2 Å². The molecule has 0 aliphatic carbocycles. The quantitative estimate of drug-likeness (QED) is 0.256. The molecular weight excluding hydrogens is 444 g/mol. The topological polar surface area (TPSA) is 182 Å². The predicted molar refractivity (Wildman–Crippen MR) is 123 cm³/mol. The Hall–Kier alpha value is -3.18. The van der Waals surface area contributed by atoms with Gasteiger partial charge < -0.3 is 36.6 Å². The summed E-state index contributed by atoms with van der Waals surface area (Å²) in [5.41, 5.74) is 6.44. The first-order chi connectivity index (χ1) is 15.9. The van der Waals surface area contributed by atoms with E-state index in [-0.39, 0.29) is 24.6 Å². The molecule has 7 N–H and O–H groups in total. The smallest absolute Gasteiger partial charge is 0.326 e. The van der Waals surface area contributed by atoms with Crippen molar-refractivity contribution in [2.75, 3.05) is 6.54 Å². The van der Waals surface area contributed by atoms with Gasteiger partial charge in [0.05, 0.1) is 12.1 Å². The average molecular weight is 479 g/mol. The number of carboxylic acid groups (broad SMARTS) is 1. The van der Waals surface area contributed by atoms with Crippen LogP contribution in [-0.2, 0) is 25.6 Å². The molecule has 0 saturated carbocycles. The zero-order chi connectivity index (χ0) is 25.6. The van der Waals surface area contributed by atoms with E-state index in [0.29, 0.717) is 18.4 Å². The normalized spacial score (nSPS) is 19.2. The number of phenols is 1. The van der Waals surface area contributed by atoms with Gasteiger partial charge in [-0.2, -0.15) is 0 Å². The van der Waals surface area contributed by atoms with Crippen LogP contribution in [0.2, 0.25) is 0 Å². The summed E-state index contributed by atoms with van der Waals surface area (Å²) in [6, 6.07) is 1.60. The minimum absolute atomic E-state index is 0.0124. The lowest BCUT2D eigenvalue weighted by Gasteiger charge is -2.31. The summed E-state index contributed by atoms with van der Waals surface area (Å²) in [7, 11) is 0. The van der Waals surface area contributed by atoms with Crippen LogP contribution in [0, 0.1) is 5.92 Å². The maximum Gasteiger partial charge on any atom is 0.326 e. The Kier molecular flexibility index (Phi) is 9.39. The number of carbonyl (C=O) groups is 4. The molecule has 5 atom stereocenters. The molecule has 11 heteroatoms. The van der Waals surface area contributed by atoms with Crippen molar-refractivity contribution in [1.29, 1.82) is 0 Å². The lowest BCUT2D eigenvalue weighted by molar-refractivity contribution is -0.146. The molecule has 0 bridgehead atoms. The highest BCUT2D eigenvalue weighted by Crippen LogP contribution is 2.20. The van der Waals surface area contributed by atoms with Gasteiger partial charge in [-0.15, -0.1) is 0 Å². The molecule has 0 aromatic heterocycles. The summed E-state index contributed by atoms with van der Waals surface area (Å²) < 4.78 is 0. The highest BCUT2D eigenvalue weighted by Gasteiger charge is 2.40. The number of likely N-dealkylation sites (tertiary alicyclic amines) is 1. The lowest BCUT2D eigenvalue weighted by Crippen LogP contribution is -2.60. The minimum Gasteiger partial charge on any atom is -0.508 e. The standard InChI is InChI=1S/C23H34N4O7/c1-12(2)18(24)21(31)26-19(13(3)28)22(32)27-10-4-5-17(27)20(30)25-16(23(33)34)11-14-6-8-15(29)9-7-14/h6-9,12-13,16-19,28-29H,4-5,10-11,24H2,1-3H3,(H,25,30)(H,26,31)(H,33,34)/t13-,16+,17+,18+,19+/m1/s1. The molecule has 1 aliphatic heterocycles. The summed E-state index contributed by atoms with van der Waals surface area (Å²) in [5.74, 6) is -3.25. The van der Waals surface area contributed by atoms with E-state index in [4.69, 9.17) is 5.73 Å². The Balaban J connectivity index is 2.12. The number of nitrogens with zero attached hydrogens (tertiary/aromatic N) is 1. The number of hydrogen-bond acceptors (Lipinski definition) is 7. The molecule has 0 spiro atoms. The molecule has 11 nitrogen and oxygen atoms in total. The molecule has 0 radical (unpaired) electrons. The Bertz CT molecular complexity index is 888.